The van der Waals surface area contributed by atoms with Crippen LogP contribution < -0.4 is 11.1 Å². The van der Waals surface area contributed by atoms with E-state index >= 15 is 0 Å². The summed E-state index contributed by atoms with van der Waals surface area (Å²) in [6.45, 7) is 2.34. The molecule has 0 bridgehead atoms. The minimum Gasteiger partial charge on any atom is -0.465 e. The summed E-state index contributed by atoms with van der Waals surface area (Å²) in [5, 5.41) is 11.0. The number of hydrogen-bond donors (Lipinski definition) is 2. The molecule has 1 heterocycles. The Morgan fingerprint density at radius 1 is 1.50 bits per heavy atom. The molecule has 0 aliphatic rings. The van der Waals surface area contributed by atoms with Gasteiger partial charge in [0.1, 0.15) is 6.33 Å². The quantitative estimate of drug-likeness (QED) is 0.641. The highest BCUT2D eigenvalue weighted by Gasteiger charge is 2.13. The van der Waals surface area contributed by atoms with E-state index in [0.717, 1.165) is 17.1 Å². The Labute approximate surface area is 116 Å². The fourth-order valence-corrected chi connectivity index (χ4v) is 1.83. The monoisotopic (exact) mass is 275 g/mol. The maximum atomic E-state index is 11.7. The van der Waals surface area contributed by atoms with E-state index < -0.39 is 5.97 Å². The van der Waals surface area contributed by atoms with Gasteiger partial charge in [-0.2, -0.15) is 0 Å². The van der Waals surface area contributed by atoms with Crippen molar-refractivity contribution < 1.29 is 9.53 Å². The average Bonchev–Trinajstić information content (AvgIpc) is 2.84. The lowest BCUT2D eigenvalue weighted by molar-refractivity contribution is 0.0602. The molecule has 2 rings (SSSR count). The highest BCUT2D eigenvalue weighted by atomic mass is 16.5. The molecule has 7 heteroatoms. The van der Waals surface area contributed by atoms with Crippen molar-refractivity contribution in [2.24, 2.45) is 7.05 Å². The van der Waals surface area contributed by atoms with Crippen molar-refractivity contribution in [1.82, 2.24) is 14.8 Å². The first kappa shape index (κ1) is 13.9. The number of nitrogens with zero attached hydrogens (tertiary/aromatic N) is 3. The number of benzene rings is 1. The number of nitrogens with one attached hydrogen (secondary N) is 1. The largest absolute Gasteiger partial charge is 0.465 e. The standard InChI is InChI=1S/C13H17N5O2/c1-8-4-9(5-10(12(8)14)13(19)20-3)15-6-11-17-16-7-18(11)2/h4-5,7,15H,6,14H2,1-3H3. The lowest BCUT2D eigenvalue weighted by atomic mass is 10.1. The Balaban J connectivity index is 2.22. The van der Waals surface area contributed by atoms with Crippen molar-refractivity contribution in [3.8, 4) is 0 Å². The van der Waals surface area contributed by atoms with Crippen LogP contribution in [-0.4, -0.2) is 27.8 Å². The second-order valence-corrected chi connectivity index (χ2v) is 4.46. The average molecular weight is 275 g/mol. The highest BCUT2D eigenvalue weighted by Crippen LogP contribution is 2.23. The van der Waals surface area contributed by atoms with E-state index in [0.29, 0.717) is 17.8 Å². The van der Waals surface area contributed by atoms with Gasteiger partial charge in [-0.05, 0) is 24.6 Å². The Morgan fingerprint density at radius 3 is 2.85 bits per heavy atom. The van der Waals surface area contributed by atoms with Crippen molar-refractivity contribution >= 4 is 17.3 Å². The Kier molecular flexibility index (Phi) is 3.88. The van der Waals surface area contributed by atoms with Gasteiger partial charge in [0.05, 0.1) is 19.2 Å². The van der Waals surface area contributed by atoms with Gasteiger partial charge in [-0.3, -0.25) is 0 Å². The Bertz CT molecular complexity index is 636. The number of aryl methyl sites for hydroxylation is 2. The molecule has 0 aliphatic heterocycles. The number of anilines is 2. The van der Waals surface area contributed by atoms with E-state index in [9.17, 15) is 4.79 Å². The van der Waals surface area contributed by atoms with E-state index in [1.54, 1.807) is 12.4 Å². The smallest absolute Gasteiger partial charge is 0.340 e. The van der Waals surface area contributed by atoms with E-state index in [1.807, 2.05) is 24.6 Å². The molecular formula is C13H17N5O2. The first-order valence-corrected chi connectivity index (χ1v) is 6.08. The van der Waals surface area contributed by atoms with Crippen LogP contribution >= 0.6 is 0 Å². The fraction of sp³-hybridized carbons (Fsp3) is 0.308. The zero-order valence-electron chi connectivity index (χ0n) is 11.7. The van der Waals surface area contributed by atoms with Gasteiger partial charge in [0.15, 0.2) is 5.82 Å². The number of hydrogen-bond acceptors (Lipinski definition) is 6. The zero-order chi connectivity index (χ0) is 14.7. The third-order valence-corrected chi connectivity index (χ3v) is 3.05. The molecule has 0 atom stereocenters. The molecule has 20 heavy (non-hydrogen) atoms. The topological polar surface area (TPSA) is 95.1 Å². The molecule has 3 N–H and O–H groups in total. The third kappa shape index (κ3) is 2.71. The number of aromatic nitrogens is 3. The van der Waals surface area contributed by atoms with Crippen LogP contribution in [0.5, 0.6) is 0 Å². The second kappa shape index (κ2) is 5.60. The van der Waals surface area contributed by atoms with Gasteiger partial charge in [-0.25, -0.2) is 4.79 Å². The lowest BCUT2D eigenvalue weighted by Gasteiger charge is -2.12. The van der Waals surface area contributed by atoms with E-state index in [4.69, 9.17) is 10.5 Å². The van der Waals surface area contributed by atoms with E-state index in [2.05, 4.69) is 15.5 Å². The number of nitrogen functional groups attached to an aromatic ring is 1. The van der Waals surface area contributed by atoms with Gasteiger partial charge < -0.3 is 20.4 Å². The molecule has 0 unspecified atom stereocenters. The summed E-state index contributed by atoms with van der Waals surface area (Å²) in [6.07, 6.45) is 1.63. The van der Waals surface area contributed by atoms with Crippen LogP contribution in [0.1, 0.15) is 21.7 Å². The van der Waals surface area contributed by atoms with Crippen LogP contribution in [0.25, 0.3) is 0 Å². The van der Waals surface area contributed by atoms with Crippen molar-refractivity contribution in [2.75, 3.05) is 18.2 Å². The van der Waals surface area contributed by atoms with Crippen LogP contribution in [0.4, 0.5) is 11.4 Å². The number of rotatable bonds is 4. The summed E-state index contributed by atoms with van der Waals surface area (Å²) in [5.74, 6) is 0.340. The minimum atomic E-state index is -0.451. The van der Waals surface area contributed by atoms with Crippen LogP contribution in [0, 0.1) is 6.92 Å². The summed E-state index contributed by atoms with van der Waals surface area (Å²) >= 11 is 0. The van der Waals surface area contributed by atoms with E-state index in [1.165, 1.54) is 7.11 Å². The Hall–Kier alpha value is -2.57. The maximum absolute atomic E-state index is 11.7. The second-order valence-electron chi connectivity index (χ2n) is 4.46. The molecule has 7 nitrogen and oxygen atoms in total. The van der Waals surface area contributed by atoms with Gasteiger partial charge in [-0.1, -0.05) is 0 Å². The van der Waals surface area contributed by atoms with Gasteiger partial charge in [-0.15, -0.1) is 10.2 Å². The van der Waals surface area contributed by atoms with E-state index in [-0.39, 0.29) is 0 Å². The van der Waals surface area contributed by atoms with Gasteiger partial charge in [0.25, 0.3) is 0 Å². The molecule has 1 aromatic heterocycles. The van der Waals surface area contributed by atoms with Crippen molar-refractivity contribution in [3.05, 3.63) is 35.4 Å². The third-order valence-electron chi connectivity index (χ3n) is 3.05. The van der Waals surface area contributed by atoms with Crippen LogP contribution in [-0.2, 0) is 18.3 Å². The number of esters is 1. The van der Waals surface area contributed by atoms with Crippen molar-refractivity contribution in [2.45, 2.75) is 13.5 Å². The lowest BCUT2D eigenvalue weighted by Crippen LogP contribution is -2.10. The predicted octanol–water partition coefficient (Wildman–Crippen LogP) is 1.10. The molecule has 2 aromatic rings. The summed E-state index contributed by atoms with van der Waals surface area (Å²) in [7, 11) is 3.20. The van der Waals surface area contributed by atoms with Gasteiger partial charge in [0, 0.05) is 18.4 Å². The summed E-state index contributed by atoms with van der Waals surface area (Å²) < 4.78 is 6.54. The van der Waals surface area contributed by atoms with Crippen LogP contribution in [0.3, 0.4) is 0 Å². The molecule has 0 amide bonds. The Morgan fingerprint density at radius 2 is 2.25 bits per heavy atom. The molecule has 0 saturated heterocycles. The molecule has 0 spiro atoms. The van der Waals surface area contributed by atoms with Crippen LogP contribution in [0.2, 0.25) is 0 Å². The fourth-order valence-electron chi connectivity index (χ4n) is 1.83. The molecule has 106 valence electrons. The highest BCUT2D eigenvalue weighted by molar-refractivity contribution is 5.97. The maximum Gasteiger partial charge on any atom is 0.340 e. The number of carbonyl (C=O) groups excluding carboxylic acids is 1. The minimum absolute atomic E-state index is 0.355. The summed E-state index contributed by atoms with van der Waals surface area (Å²) in [4.78, 5) is 11.7. The predicted molar refractivity (Wildman–Crippen MR) is 75.3 cm³/mol. The van der Waals surface area contributed by atoms with Gasteiger partial charge in [0.2, 0.25) is 0 Å². The molecule has 1 aromatic carbocycles. The number of nitrogens with two attached hydrogens (primary N) is 1. The molecule has 0 radical (unpaired) electrons. The van der Waals surface area contributed by atoms with Gasteiger partial charge >= 0.3 is 5.97 Å². The number of methoxy groups -OCH3 is 1. The number of ether oxygens (including phenoxy) is 1. The first-order chi connectivity index (χ1) is 9.52. The van der Waals surface area contributed by atoms with Crippen molar-refractivity contribution in [3.63, 3.8) is 0 Å². The SMILES string of the molecule is COC(=O)c1cc(NCc2nncn2C)cc(C)c1N. The number of carbonyl (C=O) groups is 1. The zero-order valence-corrected chi connectivity index (χ0v) is 11.7. The summed E-state index contributed by atoms with van der Waals surface area (Å²) in [5.41, 5.74) is 8.27. The molecule has 0 aliphatic carbocycles. The molecule has 0 saturated carbocycles. The molecule has 0 fully saturated rings. The van der Waals surface area contributed by atoms with Crippen molar-refractivity contribution in [1.29, 1.82) is 0 Å². The summed E-state index contributed by atoms with van der Waals surface area (Å²) in [6, 6.07) is 3.54. The first-order valence-electron chi connectivity index (χ1n) is 6.08. The normalized spacial score (nSPS) is 10.3. The molecular weight excluding hydrogens is 258 g/mol. The van der Waals surface area contributed by atoms with Crippen LogP contribution in [0.15, 0.2) is 18.5 Å².